The van der Waals surface area contributed by atoms with Crippen molar-refractivity contribution in [3.63, 3.8) is 0 Å². The van der Waals surface area contributed by atoms with Crippen molar-refractivity contribution in [3.8, 4) is 5.69 Å². The Labute approximate surface area is 111 Å². The highest BCUT2D eigenvalue weighted by atomic mass is 16.1. The zero-order valence-electron chi connectivity index (χ0n) is 10.8. The molecule has 6 heteroatoms. The highest BCUT2D eigenvalue weighted by Crippen LogP contribution is 2.18. The molecule has 2 aromatic rings. The van der Waals surface area contributed by atoms with Gasteiger partial charge in [-0.25, -0.2) is 4.68 Å². The fourth-order valence-corrected chi connectivity index (χ4v) is 1.70. The number of aromatic nitrogens is 3. The van der Waals surface area contributed by atoms with Gasteiger partial charge in [0.2, 0.25) is 5.91 Å². The van der Waals surface area contributed by atoms with Crippen LogP contribution in [0.25, 0.3) is 5.69 Å². The Morgan fingerprint density at radius 1 is 1.47 bits per heavy atom. The smallest absolute Gasteiger partial charge is 0.225 e. The molecule has 19 heavy (non-hydrogen) atoms. The van der Waals surface area contributed by atoms with Gasteiger partial charge in [0.1, 0.15) is 0 Å². The fraction of sp³-hybridized carbons (Fsp3) is 0.308. The topological polar surface area (TPSA) is 85.8 Å². The molecular formula is C13H17N5O. The molecule has 1 heterocycles. The van der Waals surface area contributed by atoms with Crippen LogP contribution in [0.1, 0.15) is 19.8 Å². The van der Waals surface area contributed by atoms with Crippen LogP contribution in [-0.2, 0) is 4.79 Å². The summed E-state index contributed by atoms with van der Waals surface area (Å²) in [5, 5.41) is 10.5. The Morgan fingerprint density at radius 3 is 2.95 bits per heavy atom. The van der Waals surface area contributed by atoms with E-state index in [2.05, 4.69) is 15.6 Å². The lowest BCUT2D eigenvalue weighted by molar-refractivity contribution is -0.116. The van der Waals surface area contributed by atoms with Crippen molar-refractivity contribution < 1.29 is 4.79 Å². The summed E-state index contributed by atoms with van der Waals surface area (Å²) in [6.07, 6.45) is 4.40. The Bertz CT molecular complexity index is 538. The molecule has 0 aliphatic heterocycles. The van der Waals surface area contributed by atoms with Crippen molar-refractivity contribution in [2.75, 3.05) is 5.32 Å². The zero-order chi connectivity index (χ0) is 13.7. The molecule has 0 radical (unpaired) electrons. The molecule has 2 rings (SSSR count). The summed E-state index contributed by atoms with van der Waals surface area (Å²) in [5.74, 6) is -0.0954. The van der Waals surface area contributed by atoms with E-state index in [1.165, 1.54) is 0 Å². The molecule has 1 amide bonds. The van der Waals surface area contributed by atoms with Gasteiger partial charge < -0.3 is 11.1 Å². The number of hydrogen-bond donors (Lipinski definition) is 2. The predicted molar refractivity (Wildman–Crippen MR) is 72.9 cm³/mol. The number of benzene rings is 1. The van der Waals surface area contributed by atoms with Crippen molar-refractivity contribution >= 4 is 11.6 Å². The quantitative estimate of drug-likeness (QED) is 0.848. The number of para-hydroxylation sites is 2. The van der Waals surface area contributed by atoms with E-state index >= 15 is 0 Å². The van der Waals surface area contributed by atoms with Crippen molar-refractivity contribution in [2.45, 2.75) is 25.8 Å². The van der Waals surface area contributed by atoms with E-state index in [9.17, 15) is 4.79 Å². The van der Waals surface area contributed by atoms with Crippen LogP contribution >= 0.6 is 0 Å². The maximum atomic E-state index is 11.9. The van der Waals surface area contributed by atoms with Gasteiger partial charge in [0, 0.05) is 12.5 Å². The van der Waals surface area contributed by atoms with Crippen LogP contribution in [0, 0.1) is 0 Å². The summed E-state index contributed by atoms with van der Waals surface area (Å²) in [4.78, 5) is 11.9. The minimum Gasteiger partial charge on any atom is -0.327 e. The molecule has 3 N–H and O–H groups in total. The summed E-state index contributed by atoms with van der Waals surface area (Å²) in [6.45, 7) is 1.96. The molecule has 1 atom stereocenters. The van der Waals surface area contributed by atoms with Crippen molar-refractivity contribution in [1.29, 1.82) is 0 Å². The number of carbonyl (C=O) groups excluding carboxylic acids is 1. The number of carbonyl (C=O) groups is 1. The number of nitrogens with one attached hydrogen (secondary N) is 1. The molecule has 0 saturated carbocycles. The zero-order valence-corrected chi connectivity index (χ0v) is 10.8. The lowest BCUT2D eigenvalue weighted by atomic mass is 10.1. The second-order valence-corrected chi connectivity index (χ2v) is 4.29. The van der Waals surface area contributed by atoms with E-state index in [1.54, 1.807) is 17.1 Å². The van der Waals surface area contributed by atoms with Gasteiger partial charge in [0.15, 0.2) is 0 Å². The molecular weight excluding hydrogens is 242 g/mol. The molecule has 0 spiro atoms. The van der Waals surface area contributed by atoms with Gasteiger partial charge in [0.25, 0.3) is 0 Å². The molecule has 0 fully saturated rings. The number of hydrogen-bond acceptors (Lipinski definition) is 4. The Balaban J connectivity index is 2.15. The van der Waals surface area contributed by atoms with Crippen LogP contribution in [-0.4, -0.2) is 26.9 Å². The minimum atomic E-state index is -0.112. The van der Waals surface area contributed by atoms with Gasteiger partial charge in [-0.05, 0) is 18.6 Å². The number of rotatable bonds is 5. The third-order valence-corrected chi connectivity index (χ3v) is 2.82. The summed E-state index contributed by atoms with van der Waals surface area (Å²) >= 11 is 0. The Hall–Kier alpha value is -2.21. The first kappa shape index (κ1) is 13.2. The summed E-state index contributed by atoms with van der Waals surface area (Å²) < 4.78 is 1.61. The van der Waals surface area contributed by atoms with Gasteiger partial charge in [-0.15, -0.1) is 5.10 Å². The number of nitrogens with two attached hydrogens (primary N) is 1. The predicted octanol–water partition coefficient (Wildman–Crippen LogP) is 1.33. The SMILES string of the molecule is CCC(N)CC(=O)Nc1ccccc1-n1ccnn1. The number of amides is 1. The van der Waals surface area contributed by atoms with Crippen LogP contribution in [0.3, 0.4) is 0 Å². The van der Waals surface area contributed by atoms with Gasteiger partial charge in [-0.1, -0.05) is 24.3 Å². The van der Waals surface area contributed by atoms with E-state index in [4.69, 9.17) is 5.73 Å². The maximum absolute atomic E-state index is 11.9. The Morgan fingerprint density at radius 2 is 2.26 bits per heavy atom. The van der Waals surface area contributed by atoms with Gasteiger partial charge in [-0.2, -0.15) is 0 Å². The molecule has 1 aromatic heterocycles. The lowest BCUT2D eigenvalue weighted by Gasteiger charge is -2.12. The number of nitrogens with zero attached hydrogens (tertiary/aromatic N) is 3. The summed E-state index contributed by atoms with van der Waals surface area (Å²) in [5.41, 5.74) is 7.24. The van der Waals surface area contributed by atoms with E-state index in [0.717, 1.165) is 12.1 Å². The maximum Gasteiger partial charge on any atom is 0.225 e. The van der Waals surface area contributed by atoms with Crippen LogP contribution in [0.5, 0.6) is 0 Å². The first-order valence-electron chi connectivity index (χ1n) is 6.22. The van der Waals surface area contributed by atoms with Crippen LogP contribution in [0.2, 0.25) is 0 Å². The van der Waals surface area contributed by atoms with E-state index in [-0.39, 0.29) is 11.9 Å². The summed E-state index contributed by atoms with van der Waals surface area (Å²) in [7, 11) is 0. The van der Waals surface area contributed by atoms with Crippen LogP contribution in [0.15, 0.2) is 36.7 Å². The van der Waals surface area contributed by atoms with Crippen molar-refractivity contribution in [2.24, 2.45) is 5.73 Å². The first-order valence-corrected chi connectivity index (χ1v) is 6.22. The molecule has 6 nitrogen and oxygen atoms in total. The number of anilines is 1. The van der Waals surface area contributed by atoms with Crippen molar-refractivity contribution in [3.05, 3.63) is 36.7 Å². The lowest BCUT2D eigenvalue weighted by Crippen LogP contribution is -2.26. The third-order valence-electron chi connectivity index (χ3n) is 2.82. The average molecular weight is 259 g/mol. The van der Waals surface area contributed by atoms with Gasteiger partial charge >= 0.3 is 0 Å². The van der Waals surface area contributed by atoms with Crippen molar-refractivity contribution in [1.82, 2.24) is 15.0 Å². The standard InChI is InChI=1S/C13H17N5O/c1-2-10(14)9-13(19)16-11-5-3-4-6-12(11)18-8-7-15-17-18/h3-8,10H,2,9,14H2,1H3,(H,16,19). The highest BCUT2D eigenvalue weighted by Gasteiger charge is 2.11. The minimum absolute atomic E-state index is 0.0954. The van der Waals surface area contributed by atoms with E-state index in [1.807, 2.05) is 31.2 Å². The summed E-state index contributed by atoms with van der Waals surface area (Å²) in [6, 6.07) is 7.31. The van der Waals surface area contributed by atoms with Crippen LogP contribution in [0.4, 0.5) is 5.69 Å². The second kappa shape index (κ2) is 6.10. The first-order chi connectivity index (χ1) is 9.20. The fourth-order valence-electron chi connectivity index (χ4n) is 1.70. The molecule has 1 aromatic carbocycles. The molecule has 0 aliphatic carbocycles. The van der Waals surface area contributed by atoms with Gasteiger partial charge in [-0.3, -0.25) is 4.79 Å². The van der Waals surface area contributed by atoms with E-state index < -0.39 is 0 Å². The average Bonchev–Trinajstić information content (AvgIpc) is 2.93. The molecule has 1 unspecified atom stereocenters. The molecule has 0 aliphatic rings. The van der Waals surface area contributed by atoms with E-state index in [0.29, 0.717) is 12.1 Å². The monoisotopic (exact) mass is 259 g/mol. The second-order valence-electron chi connectivity index (χ2n) is 4.29. The van der Waals surface area contributed by atoms with Crippen LogP contribution < -0.4 is 11.1 Å². The highest BCUT2D eigenvalue weighted by molar-refractivity contribution is 5.93. The third kappa shape index (κ3) is 3.38. The molecule has 100 valence electrons. The normalized spacial score (nSPS) is 12.1. The largest absolute Gasteiger partial charge is 0.327 e. The Kier molecular flexibility index (Phi) is 4.25. The molecule has 0 bridgehead atoms. The van der Waals surface area contributed by atoms with Gasteiger partial charge in [0.05, 0.1) is 23.8 Å². The molecule has 0 saturated heterocycles.